The van der Waals surface area contributed by atoms with E-state index in [0.717, 1.165) is 12.5 Å². The van der Waals surface area contributed by atoms with E-state index in [2.05, 4.69) is 10.6 Å². The van der Waals surface area contributed by atoms with Gasteiger partial charge in [0.05, 0.1) is 6.04 Å². The molecule has 2 rings (SSSR count). The van der Waals surface area contributed by atoms with Crippen LogP contribution in [0.25, 0.3) is 0 Å². The van der Waals surface area contributed by atoms with Crippen LogP contribution in [0.5, 0.6) is 0 Å². The van der Waals surface area contributed by atoms with E-state index in [4.69, 9.17) is 0 Å². The molecule has 3 nitrogen and oxygen atoms in total. The average Bonchev–Trinajstić information content (AvgIpc) is 2.97. The van der Waals surface area contributed by atoms with Crippen molar-refractivity contribution >= 4 is 5.91 Å². The van der Waals surface area contributed by atoms with Gasteiger partial charge in [-0.3, -0.25) is 4.79 Å². The van der Waals surface area contributed by atoms with E-state index in [1.54, 1.807) is 0 Å². The highest BCUT2D eigenvalue weighted by Gasteiger charge is 2.26. The highest BCUT2D eigenvalue weighted by molar-refractivity contribution is 5.81. The summed E-state index contributed by atoms with van der Waals surface area (Å²) in [7, 11) is 0. The lowest BCUT2D eigenvalue weighted by Gasteiger charge is -2.13. The Labute approximate surface area is 85.6 Å². The molecule has 2 aliphatic carbocycles. The fourth-order valence-electron chi connectivity index (χ4n) is 1.56. The summed E-state index contributed by atoms with van der Waals surface area (Å²) in [5.74, 6) is 1.12. The van der Waals surface area contributed by atoms with Gasteiger partial charge in [0.15, 0.2) is 0 Å². The zero-order valence-corrected chi connectivity index (χ0v) is 8.88. The van der Waals surface area contributed by atoms with Crippen molar-refractivity contribution < 1.29 is 4.79 Å². The number of amides is 1. The quantitative estimate of drug-likeness (QED) is 0.666. The summed E-state index contributed by atoms with van der Waals surface area (Å²) in [6.07, 6.45) is 6.36. The van der Waals surface area contributed by atoms with E-state index >= 15 is 0 Å². The molecule has 2 N–H and O–H groups in total. The lowest BCUT2D eigenvalue weighted by atomic mass is 10.2. The minimum atomic E-state index is -0.0191. The molecule has 14 heavy (non-hydrogen) atoms. The summed E-state index contributed by atoms with van der Waals surface area (Å²) < 4.78 is 0. The largest absolute Gasteiger partial charge is 0.352 e. The van der Waals surface area contributed by atoms with Gasteiger partial charge < -0.3 is 10.6 Å². The molecule has 2 saturated carbocycles. The molecule has 0 heterocycles. The number of carbonyl (C=O) groups excluding carboxylic acids is 1. The molecule has 1 amide bonds. The third-order valence-electron chi connectivity index (χ3n) is 3.02. The topological polar surface area (TPSA) is 41.1 Å². The zero-order valence-electron chi connectivity index (χ0n) is 8.88. The van der Waals surface area contributed by atoms with Crippen LogP contribution in [0.15, 0.2) is 0 Å². The fourth-order valence-corrected chi connectivity index (χ4v) is 1.56. The number of carbonyl (C=O) groups is 1. The minimum Gasteiger partial charge on any atom is -0.352 e. The highest BCUT2D eigenvalue weighted by atomic mass is 16.2. The molecule has 0 saturated heterocycles. The second-order valence-corrected chi connectivity index (χ2v) is 4.69. The molecule has 0 aromatic carbocycles. The van der Waals surface area contributed by atoms with Crippen molar-refractivity contribution in [2.75, 3.05) is 6.54 Å². The molecule has 0 aromatic heterocycles. The minimum absolute atomic E-state index is 0.0191. The van der Waals surface area contributed by atoms with Crippen LogP contribution in [0.4, 0.5) is 0 Å². The van der Waals surface area contributed by atoms with Gasteiger partial charge in [0.1, 0.15) is 0 Å². The summed E-state index contributed by atoms with van der Waals surface area (Å²) in [5, 5.41) is 6.28. The summed E-state index contributed by atoms with van der Waals surface area (Å²) in [6.45, 7) is 2.94. The van der Waals surface area contributed by atoms with Crippen LogP contribution in [0.3, 0.4) is 0 Å². The Morgan fingerprint density at radius 3 is 2.64 bits per heavy atom. The molecule has 0 bridgehead atoms. The van der Waals surface area contributed by atoms with E-state index in [9.17, 15) is 4.79 Å². The van der Waals surface area contributed by atoms with Crippen LogP contribution < -0.4 is 10.6 Å². The first-order chi connectivity index (χ1) is 6.75. The predicted molar refractivity (Wildman–Crippen MR) is 56.0 cm³/mol. The zero-order chi connectivity index (χ0) is 9.97. The van der Waals surface area contributed by atoms with Crippen molar-refractivity contribution in [1.29, 1.82) is 0 Å². The van der Waals surface area contributed by atoms with Gasteiger partial charge in [0.25, 0.3) is 0 Å². The maximum atomic E-state index is 11.5. The van der Waals surface area contributed by atoms with Crippen molar-refractivity contribution in [3.63, 3.8) is 0 Å². The Bertz CT molecular complexity index is 209. The standard InChI is InChI=1S/C11H20N2O/c1-8(11(14)13-10-4-5-10)12-7-6-9-2-3-9/h8-10,12H,2-7H2,1H3,(H,13,14). The lowest BCUT2D eigenvalue weighted by molar-refractivity contribution is -0.122. The molecule has 80 valence electrons. The van der Waals surface area contributed by atoms with E-state index < -0.39 is 0 Å². The van der Waals surface area contributed by atoms with Crippen molar-refractivity contribution in [3.8, 4) is 0 Å². The second kappa shape index (κ2) is 4.30. The highest BCUT2D eigenvalue weighted by Crippen LogP contribution is 2.31. The number of rotatable bonds is 6. The van der Waals surface area contributed by atoms with Crippen molar-refractivity contribution in [3.05, 3.63) is 0 Å². The van der Waals surface area contributed by atoms with Crippen LogP contribution in [-0.4, -0.2) is 24.5 Å². The number of nitrogens with one attached hydrogen (secondary N) is 2. The Morgan fingerprint density at radius 2 is 2.07 bits per heavy atom. The molecule has 2 aliphatic rings. The summed E-state index contributed by atoms with van der Waals surface area (Å²) in [4.78, 5) is 11.5. The van der Waals surface area contributed by atoms with Crippen molar-refractivity contribution in [2.24, 2.45) is 5.92 Å². The molecule has 3 heteroatoms. The van der Waals surface area contributed by atoms with Gasteiger partial charge in [0, 0.05) is 6.04 Å². The van der Waals surface area contributed by atoms with E-state index in [0.29, 0.717) is 6.04 Å². The van der Waals surface area contributed by atoms with Crippen molar-refractivity contribution in [1.82, 2.24) is 10.6 Å². The second-order valence-electron chi connectivity index (χ2n) is 4.69. The number of hydrogen-bond donors (Lipinski definition) is 2. The summed E-state index contributed by atoms with van der Waals surface area (Å²) >= 11 is 0. The maximum absolute atomic E-state index is 11.5. The van der Waals surface area contributed by atoms with Crippen LogP contribution >= 0.6 is 0 Å². The van der Waals surface area contributed by atoms with Crippen molar-refractivity contribution in [2.45, 2.75) is 51.1 Å². The van der Waals surface area contributed by atoms with E-state index in [-0.39, 0.29) is 11.9 Å². The number of hydrogen-bond acceptors (Lipinski definition) is 2. The van der Waals surface area contributed by atoms with Gasteiger partial charge in [-0.05, 0) is 38.6 Å². The smallest absolute Gasteiger partial charge is 0.237 e. The maximum Gasteiger partial charge on any atom is 0.237 e. The molecular weight excluding hydrogens is 176 g/mol. The Hall–Kier alpha value is -0.570. The monoisotopic (exact) mass is 196 g/mol. The van der Waals surface area contributed by atoms with Gasteiger partial charge in [0.2, 0.25) is 5.91 Å². The summed E-state index contributed by atoms with van der Waals surface area (Å²) in [5.41, 5.74) is 0. The van der Waals surface area contributed by atoms with Gasteiger partial charge in [-0.2, -0.15) is 0 Å². The third kappa shape index (κ3) is 3.29. The van der Waals surface area contributed by atoms with E-state index in [1.807, 2.05) is 6.92 Å². The fraction of sp³-hybridized carbons (Fsp3) is 0.909. The SMILES string of the molecule is CC(NCCC1CC1)C(=O)NC1CC1. The first kappa shape index (κ1) is 9.97. The molecular formula is C11H20N2O. The van der Waals surface area contributed by atoms with Crippen LogP contribution in [0.1, 0.15) is 39.0 Å². The Balaban J connectivity index is 1.55. The average molecular weight is 196 g/mol. The van der Waals surface area contributed by atoms with Crippen LogP contribution in [0, 0.1) is 5.92 Å². The van der Waals surface area contributed by atoms with E-state index in [1.165, 1.54) is 32.1 Å². The Kier molecular flexibility index (Phi) is 3.06. The summed E-state index contributed by atoms with van der Waals surface area (Å²) in [6, 6.07) is 0.463. The first-order valence-electron chi connectivity index (χ1n) is 5.79. The molecule has 1 atom stereocenters. The first-order valence-corrected chi connectivity index (χ1v) is 5.79. The molecule has 2 fully saturated rings. The molecule has 0 aliphatic heterocycles. The third-order valence-corrected chi connectivity index (χ3v) is 3.02. The molecule has 1 unspecified atom stereocenters. The lowest BCUT2D eigenvalue weighted by Crippen LogP contribution is -2.43. The Morgan fingerprint density at radius 1 is 1.36 bits per heavy atom. The van der Waals surface area contributed by atoms with Gasteiger partial charge >= 0.3 is 0 Å². The normalized spacial score (nSPS) is 23.2. The molecule has 0 aromatic rings. The van der Waals surface area contributed by atoms with Gasteiger partial charge in [-0.1, -0.05) is 12.8 Å². The molecule has 0 spiro atoms. The predicted octanol–water partition coefficient (Wildman–Crippen LogP) is 1.04. The van der Waals surface area contributed by atoms with Crippen LogP contribution in [0.2, 0.25) is 0 Å². The van der Waals surface area contributed by atoms with Gasteiger partial charge in [-0.15, -0.1) is 0 Å². The van der Waals surface area contributed by atoms with Crippen LogP contribution in [-0.2, 0) is 4.79 Å². The van der Waals surface area contributed by atoms with Gasteiger partial charge in [-0.25, -0.2) is 0 Å². The molecule has 0 radical (unpaired) electrons.